The van der Waals surface area contributed by atoms with Gasteiger partial charge in [-0.05, 0) is 49.2 Å². The van der Waals surface area contributed by atoms with E-state index < -0.39 is 76.7 Å². The minimum absolute atomic E-state index is 0.279. The molecule has 15 heteroatoms. The quantitative estimate of drug-likeness (QED) is 0.493. The number of amides is 1. The highest BCUT2D eigenvalue weighted by Crippen LogP contribution is 2.39. The molecule has 1 heterocycles. The molecule has 1 saturated carbocycles. The van der Waals surface area contributed by atoms with Crippen LogP contribution in [0.4, 0.5) is 26.3 Å². The van der Waals surface area contributed by atoms with Crippen LogP contribution in [0.5, 0.6) is 0 Å². The van der Waals surface area contributed by atoms with E-state index in [1.807, 2.05) is 0 Å². The second-order valence-electron chi connectivity index (χ2n) is 8.93. The van der Waals surface area contributed by atoms with E-state index in [0.29, 0.717) is 25.0 Å². The highest BCUT2D eigenvalue weighted by atomic mass is 32.2. The summed E-state index contributed by atoms with van der Waals surface area (Å²) in [4.78, 5) is 12.7. The Balaban J connectivity index is 1.58. The molecule has 4 rings (SSSR count). The monoisotopic (exact) mass is 570 g/mol. The molecule has 0 N–H and O–H groups in total. The summed E-state index contributed by atoms with van der Waals surface area (Å²) >= 11 is 0. The number of likely N-dealkylation sites (tertiary alicyclic amines) is 1. The first kappa shape index (κ1) is 27.4. The molecule has 2 fully saturated rings. The standard InChI is InChI=1S/C22H20F6N2O5S2/c1-36(32,33)16-7-8-18(19(10-16)22(26,27)28)20(31)29-11-15(12-29)30(14-5-6-14)37(34,35)17-4-2-3-13(9-17)21(23,24)25/h2-4,7-10,14-15H,5-6,11-12H2,1H3. The van der Waals surface area contributed by atoms with Gasteiger partial charge in [-0.25, -0.2) is 16.8 Å². The van der Waals surface area contributed by atoms with Gasteiger partial charge in [-0.3, -0.25) is 4.79 Å². The van der Waals surface area contributed by atoms with E-state index >= 15 is 0 Å². The van der Waals surface area contributed by atoms with Crippen LogP contribution < -0.4 is 0 Å². The van der Waals surface area contributed by atoms with Crippen molar-refractivity contribution in [1.29, 1.82) is 0 Å². The van der Waals surface area contributed by atoms with Gasteiger partial charge >= 0.3 is 12.4 Å². The zero-order chi connectivity index (χ0) is 27.6. The van der Waals surface area contributed by atoms with Crippen LogP contribution >= 0.6 is 0 Å². The molecule has 2 aromatic carbocycles. The molecule has 0 radical (unpaired) electrons. The number of halogens is 6. The summed E-state index contributed by atoms with van der Waals surface area (Å²) in [6.07, 6.45) is -8.18. The third kappa shape index (κ3) is 5.48. The first-order valence-corrected chi connectivity index (χ1v) is 14.2. The Morgan fingerprint density at radius 2 is 1.49 bits per heavy atom. The number of hydrogen-bond acceptors (Lipinski definition) is 5. The highest BCUT2D eigenvalue weighted by molar-refractivity contribution is 7.90. The summed E-state index contributed by atoms with van der Waals surface area (Å²) in [5.74, 6) is -1.07. The lowest BCUT2D eigenvalue weighted by molar-refractivity contribution is -0.138. The molecule has 0 aromatic heterocycles. The molecule has 0 bridgehead atoms. The Morgan fingerprint density at radius 3 is 2.00 bits per heavy atom. The lowest BCUT2D eigenvalue weighted by atomic mass is 10.0. The van der Waals surface area contributed by atoms with Gasteiger partial charge in [0.2, 0.25) is 10.0 Å². The molecule has 2 aliphatic rings. The molecule has 37 heavy (non-hydrogen) atoms. The van der Waals surface area contributed by atoms with Gasteiger partial charge < -0.3 is 4.90 Å². The Bertz CT molecular complexity index is 1440. The molecule has 0 unspecified atom stereocenters. The third-order valence-corrected chi connectivity index (χ3v) is 9.22. The number of sulfonamides is 1. The number of hydrogen-bond donors (Lipinski definition) is 0. The van der Waals surface area contributed by atoms with Crippen molar-refractivity contribution in [2.24, 2.45) is 0 Å². The number of nitrogens with zero attached hydrogens (tertiary/aromatic N) is 2. The van der Waals surface area contributed by atoms with E-state index in [1.54, 1.807) is 0 Å². The van der Waals surface area contributed by atoms with Crippen LogP contribution in [0, 0.1) is 0 Å². The number of carbonyl (C=O) groups is 1. The minimum atomic E-state index is -5.04. The number of rotatable bonds is 6. The molecular formula is C22H20F6N2O5S2. The SMILES string of the molecule is CS(=O)(=O)c1ccc(C(=O)N2CC(N(C3CC3)S(=O)(=O)c3cccc(C(F)(F)F)c3)C2)c(C(F)(F)F)c1. The van der Waals surface area contributed by atoms with Crippen molar-refractivity contribution < 1.29 is 48.0 Å². The van der Waals surface area contributed by atoms with Gasteiger partial charge in [-0.15, -0.1) is 0 Å². The van der Waals surface area contributed by atoms with Gasteiger partial charge in [0, 0.05) is 25.4 Å². The summed E-state index contributed by atoms with van der Waals surface area (Å²) in [6.45, 7) is -0.558. The van der Waals surface area contributed by atoms with E-state index in [2.05, 4.69) is 0 Å². The third-order valence-electron chi connectivity index (χ3n) is 6.11. The van der Waals surface area contributed by atoms with E-state index in [-0.39, 0.29) is 13.1 Å². The molecule has 202 valence electrons. The molecule has 1 amide bonds. The summed E-state index contributed by atoms with van der Waals surface area (Å²) in [5, 5.41) is 0. The minimum Gasteiger partial charge on any atom is -0.335 e. The zero-order valence-electron chi connectivity index (χ0n) is 19.0. The summed E-state index contributed by atoms with van der Waals surface area (Å²) in [7, 11) is -8.39. The number of sulfone groups is 1. The fourth-order valence-corrected chi connectivity index (χ4v) is 6.65. The molecular weight excluding hydrogens is 550 g/mol. The van der Waals surface area contributed by atoms with Crippen LogP contribution in [0.2, 0.25) is 0 Å². The number of alkyl halides is 6. The van der Waals surface area contributed by atoms with Crippen LogP contribution in [0.25, 0.3) is 0 Å². The van der Waals surface area contributed by atoms with Gasteiger partial charge in [0.1, 0.15) is 0 Å². The van der Waals surface area contributed by atoms with Crippen molar-refractivity contribution in [3.05, 3.63) is 59.2 Å². The fourth-order valence-electron chi connectivity index (χ4n) is 4.10. The van der Waals surface area contributed by atoms with Crippen molar-refractivity contribution >= 4 is 25.8 Å². The molecule has 0 spiro atoms. The van der Waals surface area contributed by atoms with Crippen LogP contribution in [0.15, 0.2) is 52.3 Å². The van der Waals surface area contributed by atoms with E-state index in [0.717, 1.165) is 45.8 Å². The Labute approximate surface area is 208 Å². The average molecular weight is 571 g/mol. The Kier molecular flexibility index (Phi) is 6.65. The largest absolute Gasteiger partial charge is 0.417 e. The van der Waals surface area contributed by atoms with Gasteiger partial charge in [0.25, 0.3) is 5.91 Å². The number of benzene rings is 2. The lowest BCUT2D eigenvalue weighted by Gasteiger charge is -2.45. The first-order valence-electron chi connectivity index (χ1n) is 10.8. The van der Waals surface area contributed by atoms with Crippen LogP contribution in [0.1, 0.15) is 34.3 Å². The van der Waals surface area contributed by atoms with Crippen LogP contribution in [0.3, 0.4) is 0 Å². The molecule has 1 saturated heterocycles. The summed E-state index contributed by atoms with van der Waals surface area (Å²) in [6, 6.07) is 3.91. The maximum absolute atomic E-state index is 13.6. The predicted octanol–water partition coefficient (Wildman–Crippen LogP) is 3.81. The molecule has 0 atom stereocenters. The van der Waals surface area contributed by atoms with E-state index in [9.17, 15) is 48.0 Å². The highest BCUT2D eigenvalue weighted by Gasteiger charge is 2.49. The zero-order valence-corrected chi connectivity index (χ0v) is 20.7. The smallest absolute Gasteiger partial charge is 0.335 e. The lowest BCUT2D eigenvalue weighted by Crippen LogP contribution is -2.62. The van der Waals surface area contributed by atoms with Gasteiger partial charge in [0.15, 0.2) is 9.84 Å². The normalized spacial score (nSPS) is 17.7. The molecule has 2 aromatic rings. The van der Waals surface area contributed by atoms with Gasteiger partial charge in [-0.1, -0.05) is 6.07 Å². The van der Waals surface area contributed by atoms with Crippen LogP contribution in [-0.2, 0) is 32.2 Å². The maximum Gasteiger partial charge on any atom is 0.417 e. The van der Waals surface area contributed by atoms with Crippen LogP contribution in [-0.4, -0.2) is 63.4 Å². The van der Waals surface area contributed by atoms with Crippen molar-refractivity contribution in [1.82, 2.24) is 9.21 Å². The molecule has 1 aliphatic heterocycles. The van der Waals surface area contributed by atoms with Crippen molar-refractivity contribution in [3.8, 4) is 0 Å². The Morgan fingerprint density at radius 1 is 0.865 bits per heavy atom. The summed E-state index contributed by atoms with van der Waals surface area (Å²) in [5.41, 5.74) is -3.39. The first-order chi connectivity index (χ1) is 16.9. The second kappa shape index (κ2) is 8.98. The predicted molar refractivity (Wildman–Crippen MR) is 118 cm³/mol. The van der Waals surface area contributed by atoms with Gasteiger partial charge in [-0.2, -0.15) is 30.6 Å². The maximum atomic E-state index is 13.6. The fraction of sp³-hybridized carbons (Fsp3) is 0.409. The van der Waals surface area contributed by atoms with Crippen molar-refractivity contribution in [3.63, 3.8) is 0 Å². The molecule has 1 aliphatic carbocycles. The number of carbonyl (C=O) groups excluding carboxylic acids is 1. The van der Waals surface area contributed by atoms with Crippen molar-refractivity contribution in [2.45, 2.75) is 47.1 Å². The molecule has 7 nitrogen and oxygen atoms in total. The second-order valence-corrected chi connectivity index (χ2v) is 12.8. The van der Waals surface area contributed by atoms with E-state index in [4.69, 9.17) is 0 Å². The topological polar surface area (TPSA) is 91.8 Å². The summed E-state index contributed by atoms with van der Waals surface area (Å²) < 4.78 is 131. The van der Waals surface area contributed by atoms with E-state index in [1.165, 1.54) is 0 Å². The van der Waals surface area contributed by atoms with Crippen molar-refractivity contribution in [2.75, 3.05) is 19.3 Å². The average Bonchev–Trinajstić information content (AvgIpc) is 3.58. The Hall–Kier alpha value is -2.65. The van der Waals surface area contributed by atoms with Gasteiger partial charge in [0.05, 0.1) is 32.5 Å².